The van der Waals surface area contributed by atoms with Crippen molar-refractivity contribution in [3.05, 3.63) is 16.3 Å². The van der Waals surface area contributed by atoms with Gasteiger partial charge >= 0.3 is 0 Å². The first kappa shape index (κ1) is 16.9. The van der Waals surface area contributed by atoms with E-state index in [0.29, 0.717) is 11.4 Å². The molecule has 0 bridgehead atoms. The summed E-state index contributed by atoms with van der Waals surface area (Å²) < 4.78 is 27.3. The van der Waals surface area contributed by atoms with E-state index in [1.165, 1.54) is 11.3 Å². The molecule has 1 aliphatic rings. The van der Waals surface area contributed by atoms with Crippen LogP contribution < -0.4 is 5.32 Å². The van der Waals surface area contributed by atoms with Gasteiger partial charge in [-0.15, -0.1) is 11.3 Å². The summed E-state index contributed by atoms with van der Waals surface area (Å²) >= 11 is 1.53. The number of nitrogens with zero attached hydrogens (tertiary/aromatic N) is 1. The van der Waals surface area contributed by atoms with E-state index < -0.39 is 10.0 Å². The maximum absolute atomic E-state index is 12.8. The molecule has 21 heavy (non-hydrogen) atoms. The Balaban J connectivity index is 2.06. The number of rotatable bonds is 10. The Labute approximate surface area is 132 Å². The van der Waals surface area contributed by atoms with Crippen molar-refractivity contribution in [1.82, 2.24) is 9.62 Å². The number of unbranched alkanes of at least 4 members (excludes halogenated alkanes) is 1. The van der Waals surface area contributed by atoms with Crippen LogP contribution >= 0.6 is 11.3 Å². The lowest BCUT2D eigenvalue weighted by molar-refractivity contribution is 0.396. The molecule has 0 aliphatic heterocycles. The van der Waals surface area contributed by atoms with Gasteiger partial charge in [-0.3, -0.25) is 0 Å². The number of nitrogens with one attached hydrogen (secondary N) is 1. The first-order valence-corrected chi connectivity index (χ1v) is 10.2. The van der Waals surface area contributed by atoms with Crippen LogP contribution in [0.4, 0.5) is 0 Å². The van der Waals surface area contributed by atoms with Crippen LogP contribution in [0.15, 0.2) is 16.3 Å². The highest BCUT2D eigenvalue weighted by molar-refractivity contribution is 7.89. The van der Waals surface area contributed by atoms with Crippen LogP contribution in [0, 0.1) is 0 Å². The average molecular weight is 331 g/mol. The summed E-state index contributed by atoms with van der Waals surface area (Å²) in [4.78, 5) is 1.57. The fourth-order valence-electron chi connectivity index (χ4n) is 2.29. The summed E-state index contributed by atoms with van der Waals surface area (Å²) in [5, 5.41) is 5.11. The molecule has 1 aliphatic carbocycles. The second-order valence-corrected chi connectivity index (χ2v) is 8.51. The van der Waals surface area contributed by atoms with Crippen molar-refractivity contribution in [3.8, 4) is 0 Å². The number of hydrogen-bond donors (Lipinski definition) is 1. The van der Waals surface area contributed by atoms with Gasteiger partial charge in [-0.05, 0) is 38.3 Å². The Hall–Kier alpha value is -0.430. The molecule has 0 unspecified atom stereocenters. The van der Waals surface area contributed by atoms with E-state index in [0.717, 1.165) is 50.1 Å². The van der Waals surface area contributed by atoms with E-state index in [1.54, 1.807) is 9.69 Å². The van der Waals surface area contributed by atoms with Crippen molar-refractivity contribution < 1.29 is 8.42 Å². The minimum absolute atomic E-state index is 0.239. The third kappa shape index (κ3) is 4.52. The SMILES string of the molecule is CCCCN(C1CC1)S(=O)(=O)c1csc(CNCCC)c1. The van der Waals surface area contributed by atoms with E-state index >= 15 is 0 Å². The number of hydrogen-bond acceptors (Lipinski definition) is 4. The lowest BCUT2D eigenvalue weighted by Crippen LogP contribution is -2.33. The summed E-state index contributed by atoms with van der Waals surface area (Å²) in [5.74, 6) is 0. The van der Waals surface area contributed by atoms with Gasteiger partial charge in [-0.25, -0.2) is 8.42 Å². The smallest absolute Gasteiger partial charge is 0.244 e. The first-order valence-electron chi connectivity index (χ1n) is 7.89. The Morgan fingerprint density at radius 3 is 2.71 bits per heavy atom. The Bertz CT molecular complexity index is 536. The number of sulfonamides is 1. The lowest BCUT2D eigenvalue weighted by Gasteiger charge is -2.20. The van der Waals surface area contributed by atoms with E-state index in [4.69, 9.17) is 0 Å². The Morgan fingerprint density at radius 1 is 1.33 bits per heavy atom. The normalized spacial score (nSPS) is 15.8. The van der Waals surface area contributed by atoms with Crippen LogP contribution in [0.3, 0.4) is 0 Å². The largest absolute Gasteiger partial charge is 0.312 e. The quantitative estimate of drug-likeness (QED) is 0.670. The molecule has 1 aromatic rings. The number of thiophene rings is 1. The zero-order valence-corrected chi connectivity index (χ0v) is 14.6. The Morgan fingerprint density at radius 2 is 2.10 bits per heavy atom. The van der Waals surface area contributed by atoms with Crippen molar-refractivity contribution >= 4 is 21.4 Å². The van der Waals surface area contributed by atoms with Crippen LogP contribution in [-0.4, -0.2) is 31.9 Å². The highest BCUT2D eigenvalue weighted by Crippen LogP contribution is 2.33. The van der Waals surface area contributed by atoms with Crippen LogP contribution in [0.5, 0.6) is 0 Å². The van der Waals surface area contributed by atoms with Crippen LogP contribution in [0.1, 0.15) is 50.8 Å². The fraction of sp³-hybridized carbons (Fsp3) is 0.733. The van der Waals surface area contributed by atoms with Gasteiger partial charge in [-0.1, -0.05) is 20.3 Å². The van der Waals surface area contributed by atoms with Crippen molar-refractivity contribution in [2.45, 2.75) is 63.4 Å². The molecule has 0 atom stereocenters. The molecule has 0 aromatic carbocycles. The molecule has 1 heterocycles. The van der Waals surface area contributed by atoms with Crippen molar-refractivity contribution in [1.29, 1.82) is 0 Å². The molecule has 0 radical (unpaired) electrons. The summed E-state index contributed by atoms with van der Waals surface area (Å²) in [6, 6.07) is 2.08. The first-order chi connectivity index (χ1) is 10.1. The van der Waals surface area contributed by atoms with Crippen molar-refractivity contribution in [2.75, 3.05) is 13.1 Å². The molecular formula is C15H26N2O2S2. The van der Waals surface area contributed by atoms with Crippen molar-refractivity contribution in [3.63, 3.8) is 0 Å². The zero-order chi connectivity index (χ0) is 15.3. The predicted molar refractivity (Wildman–Crippen MR) is 88.1 cm³/mol. The predicted octanol–water partition coefficient (Wildman–Crippen LogP) is 3.20. The van der Waals surface area contributed by atoms with E-state index in [2.05, 4.69) is 19.2 Å². The molecule has 1 aromatic heterocycles. The third-order valence-electron chi connectivity index (χ3n) is 3.65. The summed E-state index contributed by atoms with van der Waals surface area (Å²) in [5.41, 5.74) is 0. The van der Waals surface area contributed by atoms with Gasteiger partial charge in [0.15, 0.2) is 0 Å². The second kappa shape index (κ2) is 7.72. The molecule has 1 saturated carbocycles. The topological polar surface area (TPSA) is 49.4 Å². The molecule has 1 fully saturated rings. The van der Waals surface area contributed by atoms with Crippen molar-refractivity contribution in [2.24, 2.45) is 0 Å². The van der Waals surface area contributed by atoms with Crippen LogP contribution in [-0.2, 0) is 16.6 Å². The zero-order valence-electron chi connectivity index (χ0n) is 13.0. The minimum Gasteiger partial charge on any atom is -0.312 e. The molecule has 0 saturated heterocycles. The summed E-state index contributed by atoms with van der Waals surface area (Å²) in [6.45, 7) is 6.60. The fourth-order valence-corrected chi connectivity index (χ4v) is 5.24. The average Bonchev–Trinajstić information content (AvgIpc) is 3.16. The monoisotopic (exact) mass is 330 g/mol. The third-order valence-corrected chi connectivity index (χ3v) is 6.66. The molecule has 4 nitrogen and oxygen atoms in total. The molecule has 120 valence electrons. The van der Waals surface area contributed by atoms with E-state index in [1.807, 2.05) is 6.07 Å². The second-order valence-electron chi connectivity index (χ2n) is 5.63. The van der Waals surface area contributed by atoms with Gasteiger partial charge in [0.25, 0.3) is 0 Å². The van der Waals surface area contributed by atoms with Gasteiger partial charge in [0.2, 0.25) is 10.0 Å². The van der Waals surface area contributed by atoms with Gasteiger partial charge in [0.05, 0.1) is 4.90 Å². The van der Waals surface area contributed by atoms with E-state index in [-0.39, 0.29) is 6.04 Å². The molecule has 0 amide bonds. The van der Waals surface area contributed by atoms with Gasteiger partial charge < -0.3 is 5.32 Å². The van der Waals surface area contributed by atoms with Gasteiger partial charge in [0.1, 0.15) is 0 Å². The molecule has 6 heteroatoms. The maximum Gasteiger partial charge on any atom is 0.244 e. The lowest BCUT2D eigenvalue weighted by atomic mass is 10.3. The van der Waals surface area contributed by atoms with E-state index in [9.17, 15) is 8.42 Å². The van der Waals surface area contributed by atoms with Crippen LogP contribution in [0.2, 0.25) is 0 Å². The van der Waals surface area contributed by atoms with Gasteiger partial charge in [-0.2, -0.15) is 4.31 Å². The molecular weight excluding hydrogens is 304 g/mol. The van der Waals surface area contributed by atoms with Crippen LogP contribution in [0.25, 0.3) is 0 Å². The Kier molecular flexibility index (Phi) is 6.22. The summed E-state index contributed by atoms with van der Waals surface area (Å²) in [7, 11) is -3.30. The maximum atomic E-state index is 12.8. The minimum atomic E-state index is -3.30. The highest BCUT2D eigenvalue weighted by Gasteiger charge is 2.37. The summed E-state index contributed by atoms with van der Waals surface area (Å²) in [6.07, 6.45) is 5.07. The van der Waals surface area contributed by atoms with Gasteiger partial charge in [0, 0.05) is 29.4 Å². The molecule has 0 spiro atoms. The molecule has 1 N–H and O–H groups in total. The standard InChI is InChI=1S/C15H26N2O2S2/c1-3-5-9-17(13-6-7-13)21(18,19)15-10-14(20-12-15)11-16-8-4-2/h10,12-13,16H,3-9,11H2,1-2H3. The molecule has 2 rings (SSSR count). The highest BCUT2D eigenvalue weighted by atomic mass is 32.2.